The Labute approximate surface area is 126 Å². The summed E-state index contributed by atoms with van der Waals surface area (Å²) >= 11 is 1.29. The first-order valence-corrected chi connectivity index (χ1v) is 7.27. The molecule has 0 bridgehead atoms. The fraction of sp³-hybridized carbons (Fsp3) is 0.133. The summed E-state index contributed by atoms with van der Waals surface area (Å²) in [6.07, 6.45) is 3.84. The number of nitrogens with zero attached hydrogens (tertiary/aromatic N) is 3. The van der Waals surface area contributed by atoms with Crippen molar-refractivity contribution in [2.75, 3.05) is 5.32 Å². The SMILES string of the molecule is Cn1cc(CC(=O)Nc2cc(-c3ccccc3)ns2)cn1. The highest BCUT2D eigenvalue weighted by atomic mass is 32.1. The van der Waals surface area contributed by atoms with Gasteiger partial charge in [-0.3, -0.25) is 9.48 Å². The largest absolute Gasteiger partial charge is 0.316 e. The minimum Gasteiger partial charge on any atom is -0.316 e. The van der Waals surface area contributed by atoms with Crippen molar-refractivity contribution in [3.8, 4) is 11.3 Å². The van der Waals surface area contributed by atoms with Gasteiger partial charge in [0.05, 0.1) is 18.3 Å². The van der Waals surface area contributed by atoms with Crippen molar-refractivity contribution in [2.45, 2.75) is 6.42 Å². The third kappa shape index (κ3) is 3.35. The highest BCUT2D eigenvalue weighted by Crippen LogP contribution is 2.25. The summed E-state index contributed by atoms with van der Waals surface area (Å²) in [4.78, 5) is 12.0. The molecular formula is C15H14N4OS. The molecule has 3 aromatic rings. The number of nitrogens with one attached hydrogen (secondary N) is 1. The molecule has 106 valence electrons. The van der Waals surface area contributed by atoms with E-state index in [0.29, 0.717) is 6.42 Å². The van der Waals surface area contributed by atoms with Crippen molar-refractivity contribution in [3.63, 3.8) is 0 Å². The van der Waals surface area contributed by atoms with Gasteiger partial charge in [-0.15, -0.1) is 0 Å². The maximum atomic E-state index is 12.0. The molecule has 0 radical (unpaired) electrons. The van der Waals surface area contributed by atoms with Crippen molar-refractivity contribution < 1.29 is 4.79 Å². The van der Waals surface area contributed by atoms with Gasteiger partial charge in [0.15, 0.2) is 0 Å². The van der Waals surface area contributed by atoms with Crippen molar-refractivity contribution in [2.24, 2.45) is 7.05 Å². The molecule has 1 N–H and O–H groups in total. The van der Waals surface area contributed by atoms with Gasteiger partial charge in [0, 0.05) is 24.9 Å². The summed E-state index contributed by atoms with van der Waals surface area (Å²) < 4.78 is 6.04. The number of aryl methyl sites for hydroxylation is 1. The van der Waals surface area contributed by atoms with E-state index in [2.05, 4.69) is 14.8 Å². The molecule has 0 saturated heterocycles. The summed E-state index contributed by atoms with van der Waals surface area (Å²) in [5.74, 6) is -0.0636. The Balaban J connectivity index is 1.66. The third-order valence-corrected chi connectivity index (χ3v) is 3.67. The molecule has 2 heterocycles. The fourth-order valence-electron chi connectivity index (χ4n) is 2.01. The van der Waals surface area contributed by atoms with Crippen LogP contribution in [0.4, 0.5) is 5.00 Å². The number of hydrogen-bond acceptors (Lipinski definition) is 4. The van der Waals surface area contributed by atoms with Crippen LogP contribution in [0.3, 0.4) is 0 Å². The van der Waals surface area contributed by atoms with Crippen LogP contribution in [0.15, 0.2) is 48.8 Å². The average molecular weight is 298 g/mol. The Morgan fingerprint density at radius 1 is 1.33 bits per heavy atom. The van der Waals surface area contributed by atoms with Crippen LogP contribution in [0.5, 0.6) is 0 Å². The van der Waals surface area contributed by atoms with E-state index in [4.69, 9.17) is 0 Å². The van der Waals surface area contributed by atoms with E-state index >= 15 is 0 Å². The third-order valence-electron chi connectivity index (χ3n) is 2.97. The molecule has 2 aromatic heterocycles. The number of carbonyl (C=O) groups excluding carboxylic acids is 1. The second-order valence-corrected chi connectivity index (χ2v) is 5.49. The van der Waals surface area contributed by atoms with Gasteiger partial charge in [0.2, 0.25) is 5.91 Å². The van der Waals surface area contributed by atoms with Crippen molar-refractivity contribution in [1.82, 2.24) is 14.2 Å². The van der Waals surface area contributed by atoms with E-state index < -0.39 is 0 Å². The molecule has 0 atom stereocenters. The molecule has 0 aliphatic heterocycles. The van der Waals surface area contributed by atoms with Gasteiger partial charge >= 0.3 is 0 Å². The number of anilines is 1. The first-order chi connectivity index (χ1) is 10.2. The molecule has 3 rings (SSSR count). The first-order valence-electron chi connectivity index (χ1n) is 6.50. The summed E-state index contributed by atoms with van der Waals surface area (Å²) in [5, 5.41) is 7.67. The molecule has 0 spiro atoms. The molecule has 0 unspecified atom stereocenters. The van der Waals surface area contributed by atoms with Gasteiger partial charge in [-0.2, -0.15) is 9.47 Å². The van der Waals surface area contributed by atoms with Crippen LogP contribution in [0.1, 0.15) is 5.56 Å². The monoisotopic (exact) mass is 298 g/mol. The Kier molecular flexibility index (Phi) is 3.79. The van der Waals surface area contributed by atoms with Gasteiger partial charge in [-0.1, -0.05) is 30.3 Å². The maximum Gasteiger partial charge on any atom is 0.229 e. The molecule has 0 saturated carbocycles. The van der Waals surface area contributed by atoms with Crippen molar-refractivity contribution in [1.29, 1.82) is 0 Å². The van der Waals surface area contributed by atoms with E-state index in [1.54, 1.807) is 10.9 Å². The van der Waals surface area contributed by atoms with E-state index in [-0.39, 0.29) is 5.91 Å². The molecule has 0 fully saturated rings. The lowest BCUT2D eigenvalue weighted by Gasteiger charge is -1.99. The quantitative estimate of drug-likeness (QED) is 0.805. The van der Waals surface area contributed by atoms with Crippen LogP contribution >= 0.6 is 11.5 Å². The van der Waals surface area contributed by atoms with Gasteiger partial charge < -0.3 is 5.32 Å². The molecule has 21 heavy (non-hydrogen) atoms. The summed E-state index contributed by atoms with van der Waals surface area (Å²) in [6, 6.07) is 11.8. The van der Waals surface area contributed by atoms with Crippen LogP contribution in [-0.4, -0.2) is 20.1 Å². The number of carbonyl (C=O) groups is 1. The maximum absolute atomic E-state index is 12.0. The minimum absolute atomic E-state index is 0.0636. The number of amides is 1. The van der Waals surface area contributed by atoms with E-state index in [9.17, 15) is 4.79 Å². The average Bonchev–Trinajstić information content (AvgIpc) is 3.09. The van der Waals surface area contributed by atoms with Gasteiger partial charge in [-0.25, -0.2) is 0 Å². The molecule has 0 aliphatic rings. The molecule has 6 heteroatoms. The second kappa shape index (κ2) is 5.88. The number of hydrogen-bond donors (Lipinski definition) is 1. The number of benzene rings is 1. The van der Waals surface area contributed by atoms with Crippen molar-refractivity contribution in [3.05, 3.63) is 54.4 Å². The zero-order chi connectivity index (χ0) is 14.7. The lowest BCUT2D eigenvalue weighted by Crippen LogP contribution is -2.13. The molecule has 0 aliphatic carbocycles. The normalized spacial score (nSPS) is 10.5. The zero-order valence-corrected chi connectivity index (χ0v) is 12.3. The molecule has 1 amide bonds. The van der Waals surface area contributed by atoms with E-state index in [1.165, 1.54) is 11.5 Å². The predicted molar refractivity (Wildman–Crippen MR) is 83.1 cm³/mol. The topological polar surface area (TPSA) is 59.8 Å². The number of rotatable bonds is 4. The molecular weight excluding hydrogens is 284 g/mol. The lowest BCUT2D eigenvalue weighted by atomic mass is 10.1. The van der Waals surface area contributed by atoms with E-state index in [1.807, 2.05) is 49.6 Å². The summed E-state index contributed by atoms with van der Waals surface area (Å²) in [6.45, 7) is 0. The minimum atomic E-state index is -0.0636. The number of aromatic nitrogens is 3. The van der Waals surface area contributed by atoms with Crippen LogP contribution in [0.2, 0.25) is 0 Å². The highest BCUT2D eigenvalue weighted by molar-refractivity contribution is 7.10. The van der Waals surface area contributed by atoms with Gasteiger partial charge in [-0.05, 0) is 17.1 Å². The molecule has 5 nitrogen and oxygen atoms in total. The highest BCUT2D eigenvalue weighted by Gasteiger charge is 2.09. The fourth-order valence-corrected chi connectivity index (χ4v) is 2.69. The van der Waals surface area contributed by atoms with Crippen LogP contribution in [0.25, 0.3) is 11.3 Å². The smallest absolute Gasteiger partial charge is 0.229 e. The van der Waals surface area contributed by atoms with Crippen LogP contribution in [0, 0.1) is 0 Å². The predicted octanol–water partition coefficient (Wildman–Crippen LogP) is 2.72. The second-order valence-electron chi connectivity index (χ2n) is 4.69. The van der Waals surface area contributed by atoms with Crippen molar-refractivity contribution >= 4 is 22.4 Å². The van der Waals surface area contributed by atoms with Gasteiger partial charge in [0.25, 0.3) is 0 Å². The van der Waals surface area contributed by atoms with Crippen LogP contribution in [-0.2, 0) is 18.3 Å². The van der Waals surface area contributed by atoms with E-state index in [0.717, 1.165) is 21.8 Å². The lowest BCUT2D eigenvalue weighted by molar-refractivity contribution is -0.115. The molecule has 1 aromatic carbocycles. The summed E-state index contributed by atoms with van der Waals surface area (Å²) in [7, 11) is 1.83. The summed E-state index contributed by atoms with van der Waals surface area (Å²) in [5.41, 5.74) is 2.81. The standard InChI is InChI=1S/C15H14N4OS/c1-19-10-11(9-16-19)7-14(20)17-15-8-13(18-21-15)12-5-3-2-4-6-12/h2-6,8-10H,7H2,1H3,(H,17,20). The first kappa shape index (κ1) is 13.5. The Morgan fingerprint density at radius 3 is 2.86 bits per heavy atom. The Morgan fingerprint density at radius 2 is 2.14 bits per heavy atom. The Hall–Kier alpha value is -2.47. The zero-order valence-electron chi connectivity index (χ0n) is 11.5. The Bertz CT molecular complexity index is 748. The van der Waals surface area contributed by atoms with Crippen LogP contribution < -0.4 is 5.32 Å². The van der Waals surface area contributed by atoms with Gasteiger partial charge in [0.1, 0.15) is 5.00 Å².